The van der Waals surface area contributed by atoms with Crippen LogP contribution in [0.25, 0.3) is 0 Å². The van der Waals surface area contributed by atoms with Gasteiger partial charge in [-0.25, -0.2) is 0 Å². The average molecular weight is 445 g/mol. The van der Waals surface area contributed by atoms with Crippen LogP contribution >= 0.6 is 0 Å². The van der Waals surface area contributed by atoms with Crippen molar-refractivity contribution in [3.05, 3.63) is 95.6 Å². The van der Waals surface area contributed by atoms with Crippen molar-refractivity contribution in [2.45, 2.75) is 45.6 Å². The lowest BCUT2D eigenvalue weighted by molar-refractivity contribution is 0.0940. The van der Waals surface area contributed by atoms with E-state index < -0.39 is 0 Å². The average Bonchev–Trinajstić information content (AvgIpc) is 2.85. The van der Waals surface area contributed by atoms with Gasteiger partial charge in [0.25, 0.3) is 11.8 Å². The molecule has 0 saturated carbocycles. The highest BCUT2D eigenvalue weighted by Gasteiger charge is 2.18. The van der Waals surface area contributed by atoms with E-state index >= 15 is 0 Å². The van der Waals surface area contributed by atoms with Crippen molar-refractivity contribution in [3.8, 4) is 5.75 Å². The molecule has 3 rings (SSSR count). The Morgan fingerprint density at radius 1 is 0.788 bits per heavy atom. The molecule has 0 heterocycles. The number of ether oxygens (including phenoxy) is 1. The number of hydrogen-bond acceptors (Lipinski definition) is 3. The Morgan fingerprint density at radius 3 is 2.21 bits per heavy atom. The number of rotatable bonds is 11. The minimum atomic E-state index is -0.310. The number of amides is 2. The van der Waals surface area contributed by atoms with Gasteiger partial charge < -0.3 is 15.4 Å². The summed E-state index contributed by atoms with van der Waals surface area (Å²) in [6.07, 6.45) is 4.39. The number of para-hydroxylation sites is 2. The molecule has 0 aliphatic rings. The van der Waals surface area contributed by atoms with Crippen LogP contribution in [0.1, 0.15) is 71.9 Å². The highest BCUT2D eigenvalue weighted by Crippen LogP contribution is 2.23. The zero-order valence-corrected chi connectivity index (χ0v) is 19.3. The normalized spacial score (nSPS) is 11.5. The van der Waals surface area contributed by atoms with Gasteiger partial charge in [0.05, 0.1) is 29.5 Å². The molecule has 1 atom stereocenters. The molecule has 2 N–H and O–H groups in total. The molecule has 0 saturated heterocycles. The van der Waals surface area contributed by atoms with Crippen LogP contribution in [0.2, 0.25) is 0 Å². The Hall–Kier alpha value is -3.60. The van der Waals surface area contributed by atoms with Crippen LogP contribution in [0.4, 0.5) is 5.69 Å². The zero-order valence-electron chi connectivity index (χ0n) is 19.3. The molecule has 0 spiro atoms. The largest absolute Gasteiger partial charge is 0.493 e. The first-order valence-electron chi connectivity index (χ1n) is 11.6. The summed E-state index contributed by atoms with van der Waals surface area (Å²) in [5.74, 6) is -0.00985. The van der Waals surface area contributed by atoms with Crippen LogP contribution < -0.4 is 15.4 Å². The predicted molar refractivity (Wildman–Crippen MR) is 133 cm³/mol. The third-order valence-corrected chi connectivity index (χ3v) is 5.45. The van der Waals surface area contributed by atoms with E-state index in [1.807, 2.05) is 43.3 Å². The Kier molecular flexibility index (Phi) is 9.07. The molecule has 3 aromatic carbocycles. The number of hydrogen-bond donors (Lipinski definition) is 2. The van der Waals surface area contributed by atoms with E-state index in [1.54, 1.807) is 42.5 Å². The van der Waals surface area contributed by atoms with Crippen molar-refractivity contribution in [1.82, 2.24) is 5.32 Å². The second-order valence-corrected chi connectivity index (χ2v) is 8.01. The fourth-order valence-corrected chi connectivity index (χ4v) is 3.57. The highest BCUT2D eigenvalue weighted by molar-refractivity contribution is 6.10. The number of unbranched alkanes of at least 4 members (excludes halogenated alkanes) is 3. The summed E-state index contributed by atoms with van der Waals surface area (Å²) >= 11 is 0. The van der Waals surface area contributed by atoms with Gasteiger partial charge in [-0.05, 0) is 43.2 Å². The van der Waals surface area contributed by atoms with E-state index in [9.17, 15) is 9.59 Å². The van der Waals surface area contributed by atoms with Crippen molar-refractivity contribution >= 4 is 17.5 Å². The van der Waals surface area contributed by atoms with Gasteiger partial charge in [0.2, 0.25) is 0 Å². The fraction of sp³-hybridized carbons (Fsp3) is 0.286. The summed E-state index contributed by atoms with van der Waals surface area (Å²) in [4.78, 5) is 26.0. The van der Waals surface area contributed by atoms with Crippen molar-refractivity contribution in [1.29, 1.82) is 0 Å². The Balaban J connectivity index is 1.69. The molecule has 1 unspecified atom stereocenters. The first-order valence-corrected chi connectivity index (χ1v) is 11.6. The van der Waals surface area contributed by atoms with Crippen LogP contribution in [-0.2, 0) is 0 Å². The summed E-state index contributed by atoms with van der Waals surface area (Å²) in [6, 6.07) is 23.8. The molecular formula is C28H32N2O3. The predicted octanol–water partition coefficient (Wildman–Crippen LogP) is 6.39. The van der Waals surface area contributed by atoms with Gasteiger partial charge in [-0.15, -0.1) is 0 Å². The summed E-state index contributed by atoms with van der Waals surface area (Å²) in [7, 11) is 0. The quantitative estimate of drug-likeness (QED) is 0.337. The number of anilines is 1. The molecule has 3 aromatic rings. The van der Waals surface area contributed by atoms with Gasteiger partial charge in [-0.2, -0.15) is 0 Å². The number of benzene rings is 3. The summed E-state index contributed by atoms with van der Waals surface area (Å²) in [6.45, 7) is 4.67. The molecule has 0 aliphatic heterocycles. The van der Waals surface area contributed by atoms with Crippen LogP contribution in [0.5, 0.6) is 5.75 Å². The third kappa shape index (κ3) is 6.94. The zero-order chi connectivity index (χ0) is 23.5. The molecular weight excluding hydrogens is 412 g/mol. The van der Waals surface area contributed by atoms with E-state index in [0.29, 0.717) is 29.2 Å². The second-order valence-electron chi connectivity index (χ2n) is 8.01. The van der Waals surface area contributed by atoms with Crippen LogP contribution in [0.15, 0.2) is 78.9 Å². The molecule has 0 radical (unpaired) electrons. The second kappa shape index (κ2) is 12.4. The summed E-state index contributed by atoms with van der Waals surface area (Å²) in [5, 5.41) is 5.90. The summed E-state index contributed by atoms with van der Waals surface area (Å²) < 4.78 is 5.88. The maximum Gasteiger partial charge on any atom is 0.259 e. The lowest BCUT2D eigenvalue weighted by Crippen LogP contribution is -2.28. The van der Waals surface area contributed by atoms with Crippen molar-refractivity contribution in [3.63, 3.8) is 0 Å². The Labute approximate surface area is 196 Å². The molecule has 0 aromatic heterocycles. The lowest BCUT2D eigenvalue weighted by Gasteiger charge is -2.17. The van der Waals surface area contributed by atoms with Gasteiger partial charge in [0, 0.05) is 0 Å². The van der Waals surface area contributed by atoms with Gasteiger partial charge in [-0.3, -0.25) is 9.59 Å². The van der Waals surface area contributed by atoms with Crippen molar-refractivity contribution < 1.29 is 14.3 Å². The maximum atomic E-state index is 13.1. The lowest BCUT2D eigenvalue weighted by atomic mass is 10.1. The van der Waals surface area contributed by atoms with Crippen LogP contribution in [-0.4, -0.2) is 18.4 Å². The highest BCUT2D eigenvalue weighted by atomic mass is 16.5. The fourth-order valence-electron chi connectivity index (χ4n) is 3.57. The first-order chi connectivity index (χ1) is 16.1. The van der Waals surface area contributed by atoms with Crippen LogP contribution in [0.3, 0.4) is 0 Å². The maximum absolute atomic E-state index is 13.1. The van der Waals surface area contributed by atoms with E-state index in [1.165, 1.54) is 6.42 Å². The molecule has 172 valence electrons. The number of carbonyl (C=O) groups excluding carboxylic acids is 2. The van der Waals surface area contributed by atoms with E-state index in [2.05, 4.69) is 17.6 Å². The SMILES string of the molecule is CCCCCCOc1ccccc1C(=O)Nc1ccccc1C(=O)NC(C)c1ccccc1. The monoisotopic (exact) mass is 444 g/mol. The minimum absolute atomic E-state index is 0.163. The topological polar surface area (TPSA) is 67.4 Å². The third-order valence-electron chi connectivity index (χ3n) is 5.45. The molecule has 2 amide bonds. The molecule has 0 fully saturated rings. The molecule has 0 bridgehead atoms. The van der Waals surface area contributed by atoms with Gasteiger partial charge in [-0.1, -0.05) is 80.8 Å². The number of nitrogens with one attached hydrogen (secondary N) is 2. The van der Waals surface area contributed by atoms with Crippen LogP contribution in [0, 0.1) is 0 Å². The molecule has 33 heavy (non-hydrogen) atoms. The van der Waals surface area contributed by atoms with Gasteiger partial charge >= 0.3 is 0 Å². The molecule has 0 aliphatic carbocycles. The van der Waals surface area contributed by atoms with E-state index in [-0.39, 0.29) is 17.9 Å². The first kappa shape index (κ1) is 24.1. The van der Waals surface area contributed by atoms with Crippen molar-refractivity contribution in [2.24, 2.45) is 0 Å². The Bertz CT molecular complexity index is 1050. The Morgan fingerprint density at radius 2 is 1.45 bits per heavy atom. The minimum Gasteiger partial charge on any atom is -0.493 e. The van der Waals surface area contributed by atoms with Crippen molar-refractivity contribution in [2.75, 3.05) is 11.9 Å². The van der Waals surface area contributed by atoms with E-state index in [4.69, 9.17) is 4.74 Å². The standard InChI is InChI=1S/C28H32N2O3/c1-3-4-5-13-20-33-26-19-12-10-17-24(26)28(32)30-25-18-11-9-16-23(25)27(31)29-21(2)22-14-7-6-8-15-22/h6-12,14-19,21H,3-5,13,20H2,1-2H3,(H,29,31)(H,30,32). The smallest absolute Gasteiger partial charge is 0.259 e. The number of carbonyl (C=O) groups is 2. The molecule has 5 heteroatoms. The summed E-state index contributed by atoms with van der Waals surface area (Å²) in [5.41, 5.74) is 2.32. The molecule has 5 nitrogen and oxygen atoms in total. The van der Waals surface area contributed by atoms with E-state index in [0.717, 1.165) is 24.8 Å². The van der Waals surface area contributed by atoms with Gasteiger partial charge in [0.15, 0.2) is 0 Å². The van der Waals surface area contributed by atoms with Gasteiger partial charge in [0.1, 0.15) is 5.75 Å².